The second kappa shape index (κ2) is 16.2. The van der Waals surface area contributed by atoms with E-state index in [2.05, 4.69) is 24.5 Å². The van der Waals surface area contributed by atoms with Gasteiger partial charge < -0.3 is 20.8 Å². The molecule has 21 heavy (non-hydrogen) atoms. The van der Waals surface area contributed by atoms with E-state index in [9.17, 15) is 5.11 Å². The Morgan fingerprint density at radius 2 is 1.52 bits per heavy atom. The van der Waals surface area contributed by atoms with Crippen molar-refractivity contribution in [2.75, 3.05) is 26.2 Å². The van der Waals surface area contributed by atoms with Crippen molar-refractivity contribution in [2.45, 2.75) is 83.8 Å². The third-order valence-corrected chi connectivity index (χ3v) is 3.89. The summed E-state index contributed by atoms with van der Waals surface area (Å²) in [5.74, 6) is 0. The summed E-state index contributed by atoms with van der Waals surface area (Å²) in [5, 5.41) is 26.2. The maximum atomic E-state index is 10.3. The normalized spacial score (nSPS) is 14.3. The van der Waals surface area contributed by atoms with Gasteiger partial charge in [0.25, 0.3) is 0 Å². The number of hydrogen-bond acceptors (Lipinski definition) is 4. The van der Waals surface area contributed by atoms with Gasteiger partial charge in [0.1, 0.15) is 0 Å². The first-order valence-electron chi connectivity index (χ1n) is 8.99. The highest BCUT2D eigenvalue weighted by Gasteiger charge is 2.17. The minimum atomic E-state index is -0.300. The van der Waals surface area contributed by atoms with Crippen LogP contribution in [0.2, 0.25) is 0 Å². The van der Waals surface area contributed by atoms with Crippen LogP contribution < -0.4 is 10.6 Å². The topological polar surface area (TPSA) is 64.5 Å². The van der Waals surface area contributed by atoms with Crippen LogP contribution in [-0.4, -0.2) is 48.6 Å². The van der Waals surface area contributed by atoms with Crippen LogP contribution in [-0.2, 0) is 0 Å². The quantitative estimate of drug-likeness (QED) is 0.331. The predicted octanol–water partition coefficient (Wildman–Crippen LogP) is 2.44. The lowest BCUT2D eigenvalue weighted by molar-refractivity contribution is 0.107. The van der Waals surface area contributed by atoms with E-state index in [-0.39, 0.29) is 18.8 Å². The molecule has 0 saturated heterocycles. The Kier molecular flexibility index (Phi) is 16.1. The van der Waals surface area contributed by atoms with Crippen molar-refractivity contribution in [3.05, 3.63) is 0 Å². The Morgan fingerprint density at radius 3 is 2.19 bits per heavy atom. The Morgan fingerprint density at radius 1 is 0.810 bits per heavy atom. The Bertz CT molecular complexity index is 203. The molecule has 0 aliphatic rings. The van der Waals surface area contributed by atoms with Crippen LogP contribution in [0, 0.1) is 0 Å². The molecule has 0 aromatic carbocycles. The lowest BCUT2D eigenvalue weighted by Crippen LogP contribution is -2.41. The second-order valence-corrected chi connectivity index (χ2v) is 5.95. The van der Waals surface area contributed by atoms with Crippen molar-refractivity contribution in [3.63, 3.8) is 0 Å². The van der Waals surface area contributed by atoms with Gasteiger partial charge in [0, 0.05) is 12.6 Å². The number of aliphatic hydroxyl groups excluding tert-OH is 2. The molecule has 2 unspecified atom stereocenters. The maximum Gasteiger partial charge on any atom is 0.0693 e. The van der Waals surface area contributed by atoms with E-state index in [1.165, 1.54) is 25.7 Å². The summed E-state index contributed by atoms with van der Waals surface area (Å²) in [5.41, 5.74) is 0. The van der Waals surface area contributed by atoms with Gasteiger partial charge in [-0.15, -0.1) is 0 Å². The fourth-order valence-corrected chi connectivity index (χ4v) is 2.47. The highest BCUT2D eigenvalue weighted by atomic mass is 16.3. The molecule has 0 amide bonds. The molecule has 0 spiro atoms. The highest BCUT2D eigenvalue weighted by molar-refractivity contribution is 4.76. The molecule has 2 atom stereocenters. The Balaban J connectivity index is 3.80. The molecule has 0 aromatic heterocycles. The van der Waals surface area contributed by atoms with Crippen molar-refractivity contribution < 1.29 is 10.2 Å². The molecule has 0 fully saturated rings. The molecule has 0 radical (unpaired) electrons. The molecule has 0 heterocycles. The number of unbranched alkanes of at least 4 members (excludes halogenated alkanes) is 3. The van der Waals surface area contributed by atoms with Crippen molar-refractivity contribution in [2.24, 2.45) is 0 Å². The highest BCUT2D eigenvalue weighted by Crippen LogP contribution is 2.09. The summed E-state index contributed by atoms with van der Waals surface area (Å²) in [6.07, 6.45) is 9.22. The molecule has 4 N–H and O–H groups in total. The molecule has 0 rings (SSSR count). The fraction of sp³-hybridized carbons (Fsp3) is 1.00. The Hall–Kier alpha value is -0.160. The SMILES string of the molecule is CCCCCNC(CCCO)C(O)CCCNCCCC. The van der Waals surface area contributed by atoms with Crippen LogP contribution >= 0.6 is 0 Å². The Labute approximate surface area is 131 Å². The van der Waals surface area contributed by atoms with Crippen LogP contribution in [0.25, 0.3) is 0 Å². The predicted molar refractivity (Wildman–Crippen MR) is 90.7 cm³/mol. The largest absolute Gasteiger partial charge is 0.396 e. The lowest BCUT2D eigenvalue weighted by Gasteiger charge is -2.24. The van der Waals surface area contributed by atoms with E-state index in [1.54, 1.807) is 0 Å². The molecule has 4 heteroatoms. The molecule has 0 saturated carbocycles. The van der Waals surface area contributed by atoms with Gasteiger partial charge in [-0.1, -0.05) is 33.1 Å². The van der Waals surface area contributed by atoms with Gasteiger partial charge in [-0.25, -0.2) is 0 Å². The number of aliphatic hydroxyl groups is 2. The molecule has 0 aliphatic carbocycles. The van der Waals surface area contributed by atoms with Gasteiger partial charge in [0.15, 0.2) is 0 Å². The zero-order valence-corrected chi connectivity index (χ0v) is 14.2. The summed E-state index contributed by atoms with van der Waals surface area (Å²) in [6.45, 7) is 7.63. The van der Waals surface area contributed by atoms with Crippen molar-refractivity contribution in [3.8, 4) is 0 Å². The molecular weight excluding hydrogens is 264 g/mol. The van der Waals surface area contributed by atoms with Gasteiger partial charge in [-0.05, 0) is 58.2 Å². The summed E-state index contributed by atoms with van der Waals surface area (Å²) in [7, 11) is 0. The van der Waals surface area contributed by atoms with Crippen molar-refractivity contribution in [1.82, 2.24) is 10.6 Å². The van der Waals surface area contributed by atoms with E-state index in [0.717, 1.165) is 51.7 Å². The van der Waals surface area contributed by atoms with Gasteiger partial charge >= 0.3 is 0 Å². The fourth-order valence-electron chi connectivity index (χ4n) is 2.47. The first-order chi connectivity index (χ1) is 10.3. The first-order valence-corrected chi connectivity index (χ1v) is 8.99. The van der Waals surface area contributed by atoms with E-state index >= 15 is 0 Å². The van der Waals surface area contributed by atoms with E-state index in [4.69, 9.17) is 5.11 Å². The average Bonchev–Trinajstić information content (AvgIpc) is 2.49. The number of hydrogen-bond donors (Lipinski definition) is 4. The van der Waals surface area contributed by atoms with Crippen molar-refractivity contribution in [1.29, 1.82) is 0 Å². The zero-order valence-electron chi connectivity index (χ0n) is 14.2. The molecule has 4 nitrogen and oxygen atoms in total. The van der Waals surface area contributed by atoms with Crippen LogP contribution in [0.3, 0.4) is 0 Å². The van der Waals surface area contributed by atoms with Crippen LogP contribution in [0.5, 0.6) is 0 Å². The van der Waals surface area contributed by atoms with Gasteiger partial charge in [-0.2, -0.15) is 0 Å². The van der Waals surface area contributed by atoms with Crippen LogP contribution in [0.1, 0.15) is 71.6 Å². The minimum absolute atomic E-state index is 0.129. The van der Waals surface area contributed by atoms with Crippen LogP contribution in [0.4, 0.5) is 0 Å². The monoisotopic (exact) mass is 302 g/mol. The molecule has 0 bridgehead atoms. The summed E-state index contributed by atoms with van der Waals surface area (Å²) in [4.78, 5) is 0. The van der Waals surface area contributed by atoms with E-state index in [0.29, 0.717) is 0 Å². The third kappa shape index (κ3) is 13.2. The van der Waals surface area contributed by atoms with Gasteiger partial charge in [0.05, 0.1) is 6.10 Å². The van der Waals surface area contributed by atoms with Gasteiger partial charge in [-0.3, -0.25) is 0 Å². The summed E-state index contributed by atoms with van der Waals surface area (Å²) in [6, 6.07) is 0.129. The molecule has 0 aromatic rings. The summed E-state index contributed by atoms with van der Waals surface area (Å²) >= 11 is 0. The second-order valence-electron chi connectivity index (χ2n) is 5.95. The standard InChI is InChI=1S/C17H38N2O2/c1-3-5-7-14-19-16(10-9-15-20)17(21)11-8-13-18-12-6-4-2/h16-21H,3-15H2,1-2H3. The molecule has 128 valence electrons. The minimum Gasteiger partial charge on any atom is -0.396 e. The maximum absolute atomic E-state index is 10.3. The molecule has 0 aliphatic heterocycles. The first kappa shape index (κ1) is 20.8. The average molecular weight is 303 g/mol. The lowest BCUT2D eigenvalue weighted by atomic mass is 10.0. The molecular formula is C17H38N2O2. The number of rotatable bonds is 16. The van der Waals surface area contributed by atoms with Crippen molar-refractivity contribution >= 4 is 0 Å². The van der Waals surface area contributed by atoms with Gasteiger partial charge in [0.2, 0.25) is 0 Å². The summed E-state index contributed by atoms with van der Waals surface area (Å²) < 4.78 is 0. The third-order valence-electron chi connectivity index (χ3n) is 3.89. The zero-order chi connectivity index (χ0) is 15.8. The van der Waals surface area contributed by atoms with Crippen LogP contribution in [0.15, 0.2) is 0 Å². The smallest absolute Gasteiger partial charge is 0.0693 e. The van der Waals surface area contributed by atoms with E-state index in [1.807, 2.05) is 0 Å². The number of nitrogens with one attached hydrogen (secondary N) is 2. The van der Waals surface area contributed by atoms with E-state index < -0.39 is 0 Å².